The highest BCUT2D eigenvalue weighted by molar-refractivity contribution is 9.10. The van der Waals surface area contributed by atoms with Crippen LogP contribution in [0.3, 0.4) is 0 Å². The Hall–Kier alpha value is -0.510. The molecular weight excluding hydrogens is 324 g/mol. The third kappa shape index (κ3) is 1.44. The van der Waals surface area contributed by atoms with Crippen LogP contribution in [0.25, 0.3) is 16.5 Å². The molecule has 0 nitrogen and oxygen atoms in total. The molecule has 1 aromatic carbocycles. The Labute approximate surface area is 123 Å². The number of rotatable bonds is 0. The second-order valence-electron chi connectivity index (χ2n) is 4.93. The van der Waals surface area contributed by atoms with Crippen molar-refractivity contribution in [3.8, 4) is 10.4 Å². The molecule has 0 unspecified atom stereocenters. The van der Waals surface area contributed by atoms with Crippen LogP contribution in [0.5, 0.6) is 0 Å². The molecule has 2 aromatic rings. The highest BCUT2D eigenvalue weighted by atomic mass is 79.9. The zero-order valence-corrected chi connectivity index (χ0v) is 13.4. The zero-order chi connectivity index (χ0) is 12.4. The lowest BCUT2D eigenvalue weighted by atomic mass is 10.0. The van der Waals surface area contributed by atoms with Gasteiger partial charge in [-0.1, -0.05) is 23.4 Å². The van der Waals surface area contributed by atoms with E-state index in [0.29, 0.717) is 0 Å². The minimum absolute atomic E-state index is 1.09. The van der Waals surface area contributed by atoms with Gasteiger partial charge in [0.05, 0.1) is 0 Å². The molecule has 0 radical (unpaired) electrons. The van der Waals surface area contributed by atoms with Gasteiger partial charge in [0.25, 0.3) is 0 Å². The lowest BCUT2D eigenvalue weighted by Crippen LogP contribution is -1.91. The van der Waals surface area contributed by atoms with Crippen molar-refractivity contribution < 1.29 is 0 Å². The normalized spacial score (nSPS) is 15.4. The van der Waals surface area contributed by atoms with Crippen LogP contribution in [0.15, 0.2) is 32.0 Å². The van der Waals surface area contributed by atoms with Crippen molar-refractivity contribution in [2.45, 2.75) is 30.1 Å². The smallest absolute Gasteiger partial charge is 0.0369 e. The molecule has 1 aliphatic carbocycles. The first-order chi connectivity index (χ1) is 8.63. The molecule has 0 fully saturated rings. The lowest BCUT2D eigenvalue weighted by molar-refractivity contribution is 1.17. The second kappa shape index (κ2) is 3.75. The minimum atomic E-state index is 1.09. The van der Waals surface area contributed by atoms with Gasteiger partial charge in [0.15, 0.2) is 0 Å². The number of thiophene rings is 1. The van der Waals surface area contributed by atoms with Crippen molar-refractivity contribution >= 4 is 45.1 Å². The van der Waals surface area contributed by atoms with E-state index < -0.39 is 0 Å². The van der Waals surface area contributed by atoms with Crippen LogP contribution < -0.4 is 0 Å². The van der Waals surface area contributed by atoms with E-state index in [0.717, 1.165) is 6.42 Å². The first kappa shape index (κ1) is 11.3. The maximum atomic E-state index is 3.83. The van der Waals surface area contributed by atoms with Crippen LogP contribution in [0.1, 0.15) is 22.9 Å². The molecule has 1 aliphatic heterocycles. The zero-order valence-electron chi connectivity index (χ0n) is 10.1. The van der Waals surface area contributed by atoms with E-state index in [1.807, 2.05) is 23.1 Å². The Morgan fingerprint density at radius 1 is 1.17 bits per heavy atom. The Kier molecular flexibility index (Phi) is 2.36. The molecule has 0 amide bonds. The Balaban J connectivity index is 2.08. The summed E-state index contributed by atoms with van der Waals surface area (Å²) < 4.78 is 1.30. The summed E-state index contributed by atoms with van der Waals surface area (Å²) in [5.41, 5.74) is 5.74. The average molecular weight is 335 g/mol. The second-order valence-corrected chi connectivity index (χ2v) is 8.06. The summed E-state index contributed by atoms with van der Waals surface area (Å²) in [6.07, 6.45) is 3.44. The van der Waals surface area contributed by atoms with Crippen molar-refractivity contribution in [1.82, 2.24) is 0 Å². The van der Waals surface area contributed by atoms with Crippen LogP contribution in [0, 0.1) is 6.92 Å². The highest BCUT2D eigenvalue weighted by Gasteiger charge is 2.25. The molecule has 2 aliphatic rings. The lowest BCUT2D eigenvalue weighted by Gasteiger charge is -2.13. The predicted octanol–water partition coefficient (Wildman–Crippen LogP) is 5.91. The van der Waals surface area contributed by atoms with Crippen LogP contribution in [0.2, 0.25) is 0 Å². The van der Waals surface area contributed by atoms with Gasteiger partial charge in [-0.2, -0.15) is 0 Å². The van der Waals surface area contributed by atoms with E-state index in [-0.39, 0.29) is 0 Å². The topological polar surface area (TPSA) is 0 Å². The summed E-state index contributed by atoms with van der Waals surface area (Å²) in [5.74, 6) is 0. The third-order valence-corrected chi connectivity index (χ3v) is 6.89. The summed E-state index contributed by atoms with van der Waals surface area (Å²) in [4.78, 5) is 5.67. The van der Waals surface area contributed by atoms with Gasteiger partial charge in [-0.05, 0) is 59.5 Å². The largest absolute Gasteiger partial charge is 0.139 e. The van der Waals surface area contributed by atoms with Crippen LogP contribution in [0.4, 0.5) is 0 Å². The Morgan fingerprint density at radius 3 is 2.83 bits per heavy atom. The number of benzene rings is 1. The molecule has 0 spiro atoms. The van der Waals surface area contributed by atoms with Crippen molar-refractivity contribution in [3.63, 3.8) is 0 Å². The van der Waals surface area contributed by atoms with Gasteiger partial charge in [-0.3, -0.25) is 0 Å². The first-order valence-corrected chi connectivity index (χ1v) is 8.37. The number of halogens is 1. The van der Waals surface area contributed by atoms with Crippen LogP contribution >= 0.6 is 39.0 Å². The molecule has 4 bridgehead atoms. The number of hydrogen-bond acceptors (Lipinski definition) is 2. The molecule has 0 saturated heterocycles. The van der Waals surface area contributed by atoms with E-state index in [4.69, 9.17) is 0 Å². The summed E-state index contributed by atoms with van der Waals surface area (Å²) in [6.45, 7) is 4.44. The SMILES string of the molecule is CC1=Cc2c3cc(c(Br)c2C1)-c1cc(c(C)s1)S3. The number of fused-ring (bicyclic) bond motifs is 7. The van der Waals surface area contributed by atoms with Gasteiger partial charge in [0, 0.05) is 29.6 Å². The van der Waals surface area contributed by atoms with E-state index in [1.54, 1.807) is 0 Å². The number of aryl methyl sites for hydroxylation is 1. The molecule has 90 valence electrons. The fourth-order valence-corrected chi connectivity index (χ4v) is 5.79. The van der Waals surface area contributed by atoms with Gasteiger partial charge in [0.1, 0.15) is 0 Å². The van der Waals surface area contributed by atoms with Crippen molar-refractivity contribution in [2.24, 2.45) is 0 Å². The summed E-state index contributed by atoms with van der Waals surface area (Å²) in [7, 11) is 0. The fraction of sp³-hybridized carbons (Fsp3) is 0.200. The Morgan fingerprint density at radius 2 is 2.00 bits per heavy atom. The van der Waals surface area contributed by atoms with Gasteiger partial charge in [-0.15, -0.1) is 11.3 Å². The number of hydrogen-bond donors (Lipinski definition) is 0. The number of allylic oxidation sites excluding steroid dienone is 1. The molecule has 0 atom stereocenters. The monoisotopic (exact) mass is 334 g/mol. The minimum Gasteiger partial charge on any atom is -0.139 e. The van der Waals surface area contributed by atoms with E-state index in [1.165, 1.54) is 46.3 Å². The maximum Gasteiger partial charge on any atom is 0.0369 e. The fourth-order valence-electron chi connectivity index (χ4n) is 2.69. The first-order valence-electron chi connectivity index (χ1n) is 5.94. The summed E-state index contributed by atoms with van der Waals surface area (Å²) in [6, 6.07) is 4.68. The van der Waals surface area contributed by atoms with E-state index in [2.05, 4.69) is 48.0 Å². The van der Waals surface area contributed by atoms with Gasteiger partial charge < -0.3 is 0 Å². The van der Waals surface area contributed by atoms with E-state index >= 15 is 0 Å². The molecule has 0 saturated carbocycles. The molecule has 4 rings (SSSR count). The van der Waals surface area contributed by atoms with Crippen LogP contribution in [-0.4, -0.2) is 0 Å². The Bertz CT molecular complexity index is 723. The summed E-state index contributed by atoms with van der Waals surface area (Å²) >= 11 is 7.66. The molecule has 1 aromatic heterocycles. The van der Waals surface area contributed by atoms with Crippen LogP contribution in [-0.2, 0) is 6.42 Å². The molecular formula is C15H11BrS2. The third-order valence-electron chi connectivity index (χ3n) is 3.57. The van der Waals surface area contributed by atoms with E-state index in [9.17, 15) is 0 Å². The highest BCUT2D eigenvalue weighted by Crippen LogP contribution is 2.51. The standard InChI is InChI=1S/C15H11BrS2/c1-7-3-9-10(4-7)15(16)11-5-13(9)18-12-6-14(11)17-8(12)2/h3,5-6H,4H2,1-2H3. The van der Waals surface area contributed by atoms with Crippen molar-refractivity contribution in [3.05, 3.63) is 38.2 Å². The summed E-state index contributed by atoms with van der Waals surface area (Å²) in [5, 5.41) is 0. The molecule has 18 heavy (non-hydrogen) atoms. The van der Waals surface area contributed by atoms with Gasteiger partial charge in [-0.25, -0.2) is 0 Å². The quantitative estimate of drug-likeness (QED) is 0.492. The molecule has 3 heteroatoms. The van der Waals surface area contributed by atoms with Crippen molar-refractivity contribution in [2.75, 3.05) is 0 Å². The van der Waals surface area contributed by atoms with Gasteiger partial charge in [0.2, 0.25) is 0 Å². The van der Waals surface area contributed by atoms with Crippen molar-refractivity contribution in [1.29, 1.82) is 0 Å². The van der Waals surface area contributed by atoms with Gasteiger partial charge >= 0.3 is 0 Å². The average Bonchev–Trinajstić information content (AvgIpc) is 2.80. The molecule has 0 N–H and O–H groups in total. The maximum absolute atomic E-state index is 3.83. The molecule has 2 heterocycles. The predicted molar refractivity (Wildman–Crippen MR) is 83.7 cm³/mol.